The average molecular weight is 204 g/mol. The van der Waals surface area contributed by atoms with Crippen molar-refractivity contribution in [1.82, 2.24) is 9.88 Å². The third kappa shape index (κ3) is 2.17. The molecule has 3 heteroatoms. The molecule has 1 aromatic rings. The number of aryl methyl sites for hydroxylation is 1. The lowest BCUT2D eigenvalue weighted by molar-refractivity contribution is -0.121. The highest BCUT2D eigenvalue weighted by molar-refractivity contribution is 5.48. The Hall–Kier alpha value is -1.38. The van der Waals surface area contributed by atoms with Crippen molar-refractivity contribution < 1.29 is 4.79 Å². The Kier molecular flexibility index (Phi) is 2.99. The Bertz CT molecular complexity index is 351. The van der Waals surface area contributed by atoms with Crippen LogP contribution in [0.25, 0.3) is 0 Å². The van der Waals surface area contributed by atoms with Crippen LogP contribution >= 0.6 is 0 Å². The lowest BCUT2D eigenvalue weighted by atomic mass is 9.99. The molecule has 0 saturated carbocycles. The first kappa shape index (κ1) is 10.1. The largest absolute Gasteiger partial charge is 0.337 e. The van der Waals surface area contributed by atoms with Crippen molar-refractivity contribution >= 4 is 6.41 Å². The van der Waals surface area contributed by atoms with Crippen molar-refractivity contribution in [2.45, 2.75) is 32.2 Å². The summed E-state index contributed by atoms with van der Waals surface area (Å²) in [5.41, 5.74) is 2.05. The van der Waals surface area contributed by atoms with Gasteiger partial charge in [-0.2, -0.15) is 0 Å². The van der Waals surface area contributed by atoms with Gasteiger partial charge in [0.2, 0.25) is 6.41 Å². The van der Waals surface area contributed by atoms with Gasteiger partial charge in [-0.1, -0.05) is 6.07 Å². The molecule has 1 aliphatic heterocycles. The maximum Gasteiger partial charge on any atom is 0.210 e. The molecule has 0 aromatic carbocycles. The van der Waals surface area contributed by atoms with Gasteiger partial charge >= 0.3 is 0 Å². The molecule has 1 aromatic heterocycles. The van der Waals surface area contributed by atoms with Crippen LogP contribution < -0.4 is 0 Å². The summed E-state index contributed by atoms with van der Waals surface area (Å²) in [7, 11) is 0. The summed E-state index contributed by atoms with van der Waals surface area (Å²) in [4.78, 5) is 17.3. The number of piperidine rings is 1. The molecular weight excluding hydrogens is 188 g/mol. The number of aromatic nitrogens is 1. The monoisotopic (exact) mass is 204 g/mol. The summed E-state index contributed by atoms with van der Waals surface area (Å²) < 4.78 is 0. The zero-order chi connectivity index (χ0) is 10.7. The van der Waals surface area contributed by atoms with E-state index < -0.39 is 0 Å². The number of carbonyl (C=O) groups excluding carboxylic acids is 1. The van der Waals surface area contributed by atoms with Crippen molar-refractivity contribution in [3.8, 4) is 0 Å². The molecule has 3 nitrogen and oxygen atoms in total. The number of nitrogens with zero attached hydrogens (tertiary/aromatic N) is 2. The van der Waals surface area contributed by atoms with Crippen LogP contribution in [0.3, 0.4) is 0 Å². The van der Waals surface area contributed by atoms with Crippen LogP contribution in [0.15, 0.2) is 18.2 Å². The molecule has 15 heavy (non-hydrogen) atoms. The van der Waals surface area contributed by atoms with Gasteiger partial charge in [0, 0.05) is 12.2 Å². The van der Waals surface area contributed by atoms with Gasteiger partial charge in [-0.3, -0.25) is 9.78 Å². The maximum atomic E-state index is 10.9. The summed E-state index contributed by atoms with van der Waals surface area (Å²) >= 11 is 0. The third-order valence-electron chi connectivity index (χ3n) is 2.93. The minimum atomic E-state index is 0.191. The van der Waals surface area contributed by atoms with E-state index in [4.69, 9.17) is 0 Å². The van der Waals surface area contributed by atoms with Crippen LogP contribution in [-0.2, 0) is 4.79 Å². The molecule has 0 aliphatic carbocycles. The number of hydrogen-bond acceptors (Lipinski definition) is 2. The third-order valence-corrected chi connectivity index (χ3v) is 2.93. The first-order chi connectivity index (χ1) is 7.31. The van der Waals surface area contributed by atoms with Crippen molar-refractivity contribution in [2.24, 2.45) is 0 Å². The van der Waals surface area contributed by atoms with Gasteiger partial charge in [0.15, 0.2) is 0 Å². The molecule has 2 rings (SSSR count). The van der Waals surface area contributed by atoms with Crippen molar-refractivity contribution in [3.63, 3.8) is 0 Å². The fourth-order valence-corrected chi connectivity index (χ4v) is 2.15. The second-order valence-corrected chi connectivity index (χ2v) is 4.06. The van der Waals surface area contributed by atoms with Gasteiger partial charge in [-0.15, -0.1) is 0 Å². The van der Waals surface area contributed by atoms with Gasteiger partial charge in [-0.25, -0.2) is 0 Å². The summed E-state index contributed by atoms with van der Waals surface area (Å²) in [5.74, 6) is 0. The highest BCUT2D eigenvalue weighted by Gasteiger charge is 2.23. The molecule has 1 fully saturated rings. The SMILES string of the molecule is Cc1cccc(C2CCCCN2C=O)n1. The first-order valence-corrected chi connectivity index (χ1v) is 5.46. The molecule has 1 unspecified atom stereocenters. The van der Waals surface area contributed by atoms with Gasteiger partial charge in [0.25, 0.3) is 0 Å². The summed E-state index contributed by atoms with van der Waals surface area (Å²) in [6.07, 6.45) is 4.29. The van der Waals surface area contributed by atoms with E-state index in [1.54, 1.807) is 0 Å². The van der Waals surface area contributed by atoms with Gasteiger partial charge < -0.3 is 4.90 Å². The van der Waals surface area contributed by atoms with E-state index in [-0.39, 0.29) is 6.04 Å². The lowest BCUT2D eigenvalue weighted by Crippen LogP contribution is -2.32. The molecule has 0 spiro atoms. The predicted molar refractivity (Wildman–Crippen MR) is 58.3 cm³/mol. The van der Waals surface area contributed by atoms with E-state index in [1.807, 2.05) is 30.0 Å². The molecule has 2 heterocycles. The minimum absolute atomic E-state index is 0.191. The molecule has 1 aliphatic rings. The van der Waals surface area contributed by atoms with E-state index in [2.05, 4.69) is 4.98 Å². The fourth-order valence-electron chi connectivity index (χ4n) is 2.15. The van der Waals surface area contributed by atoms with Gasteiger partial charge in [0.1, 0.15) is 0 Å². The Morgan fingerprint density at radius 3 is 3.07 bits per heavy atom. The normalized spacial score (nSPS) is 21.4. The molecule has 0 bridgehead atoms. The van der Waals surface area contributed by atoms with Crippen molar-refractivity contribution in [2.75, 3.05) is 6.54 Å². The van der Waals surface area contributed by atoms with Crippen LogP contribution in [0.2, 0.25) is 0 Å². The summed E-state index contributed by atoms with van der Waals surface area (Å²) in [5, 5.41) is 0. The maximum absolute atomic E-state index is 10.9. The second kappa shape index (κ2) is 4.43. The number of hydrogen-bond donors (Lipinski definition) is 0. The van der Waals surface area contributed by atoms with Crippen molar-refractivity contribution in [3.05, 3.63) is 29.6 Å². The standard InChI is InChI=1S/C12H16N2O/c1-10-5-4-6-11(13-10)12-7-2-3-8-14(12)9-15/h4-6,9,12H,2-3,7-8H2,1H3. The highest BCUT2D eigenvalue weighted by Crippen LogP contribution is 2.28. The number of amides is 1. The second-order valence-electron chi connectivity index (χ2n) is 4.06. The molecule has 1 amide bonds. The van der Waals surface area contributed by atoms with Crippen LogP contribution in [0, 0.1) is 6.92 Å². The molecule has 0 N–H and O–H groups in total. The number of likely N-dealkylation sites (tertiary alicyclic amines) is 1. The molecule has 1 atom stereocenters. The highest BCUT2D eigenvalue weighted by atomic mass is 16.1. The van der Waals surface area contributed by atoms with E-state index in [0.717, 1.165) is 37.2 Å². The van der Waals surface area contributed by atoms with Crippen LogP contribution in [0.4, 0.5) is 0 Å². The lowest BCUT2D eigenvalue weighted by Gasteiger charge is -2.32. The smallest absolute Gasteiger partial charge is 0.210 e. The number of pyridine rings is 1. The average Bonchev–Trinajstić information content (AvgIpc) is 2.29. The summed E-state index contributed by atoms with van der Waals surface area (Å²) in [6, 6.07) is 6.20. The van der Waals surface area contributed by atoms with Gasteiger partial charge in [0.05, 0.1) is 11.7 Å². The van der Waals surface area contributed by atoms with E-state index in [1.165, 1.54) is 6.42 Å². The van der Waals surface area contributed by atoms with Crippen molar-refractivity contribution in [1.29, 1.82) is 0 Å². The Balaban J connectivity index is 2.23. The van der Waals surface area contributed by atoms with E-state index in [9.17, 15) is 4.79 Å². The van der Waals surface area contributed by atoms with Crippen LogP contribution in [0.1, 0.15) is 36.7 Å². The summed E-state index contributed by atoms with van der Waals surface area (Å²) in [6.45, 7) is 2.85. The molecule has 80 valence electrons. The zero-order valence-corrected chi connectivity index (χ0v) is 9.02. The van der Waals surface area contributed by atoms with Crippen LogP contribution in [0.5, 0.6) is 0 Å². The fraction of sp³-hybridized carbons (Fsp3) is 0.500. The first-order valence-electron chi connectivity index (χ1n) is 5.46. The molecule has 0 radical (unpaired) electrons. The Morgan fingerprint density at radius 1 is 1.47 bits per heavy atom. The number of carbonyl (C=O) groups is 1. The van der Waals surface area contributed by atoms with Gasteiger partial charge in [-0.05, 0) is 38.3 Å². The number of rotatable bonds is 2. The van der Waals surface area contributed by atoms with E-state index in [0.29, 0.717) is 0 Å². The minimum Gasteiger partial charge on any atom is -0.337 e. The molecule has 1 saturated heterocycles. The topological polar surface area (TPSA) is 33.2 Å². The Labute approximate surface area is 90.1 Å². The quantitative estimate of drug-likeness (QED) is 0.691. The van der Waals surface area contributed by atoms with Crippen LogP contribution in [-0.4, -0.2) is 22.8 Å². The Morgan fingerprint density at radius 2 is 2.33 bits per heavy atom. The predicted octanol–water partition coefficient (Wildman–Crippen LogP) is 2.07. The molecular formula is C12H16N2O. The zero-order valence-electron chi connectivity index (χ0n) is 9.02. The van der Waals surface area contributed by atoms with E-state index >= 15 is 0 Å².